The van der Waals surface area contributed by atoms with E-state index in [9.17, 15) is 29.1 Å². The maximum absolute atomic E-state index is 12.2. The number of carbonyl (C=O) groups excluding carboxylic acids is 4. The van der Waals surface area contributed by atoms with Crippen molar-refractivity contribution in [1.29, 1.82) is 0 Å². The van der Waals surface area contributed by atoms with Gasteiger partial charge in [0.1, 0.15) is 18.6 Å². The van der Waals surface area contributed by atoms with Crippen molar-refractivity contribution in [3.8, 4) is 0 Å². The molecule has 0 radical (unpaired) electrons. The van der Waals surface area contributed by atoms with E-state index < -0.39 is 60.9 Å². The standard InChI is InChI=1S/C13H23N5O7/c1-6(14)11(23)17-7(2-3-9(15)20)13(25)18-8(5-19)12(24)16-4-10(21)22/h6-8,19H,2-5,14H2,1H3,(H2,15,20)(H,16,24)(H,17,23)(H,18,25)(H,21,22). The predicted octanol–water partition coefficient (Wildman–Crippen LogP) is -4.24. The summed E-state index contributed by atoms with van der Waals surface area (Å²) in [5.41, 5.74) is 10.4. The third-order valence-electron chi connectivity index (χ3n) is 2.96. The molecular formula is C13H23N5O7. The number of aliphatic hydroxyl groups is 1. The molecule has 3 unspecified atom stereocenters. The summed E-state index contributed by atoms with van der Waals surface area (Å²) in [5, 5.41) is 24.1. The maximum Gasteiger partial charge on any atom is 0.322 e. The van der Waals surface area contributed by atoms with E-state index in [1.807, 2.05) is 5.32 Å². The van der Waals surface area contributed by atoms with Crippen LogP contribution in [0.4, 0.5) is 0 Å². The topological polar surface area (TPSA) is 214 Å². The lowest BCUT2D eigenvalue weighted by Crippen LogP contribution is -2.56. The third-order valence-corrected chi connectivity index (χ3v) is 2.96. The molecule has 142 valence electrons. The Morgan fingerprint density at radius 1 is 1.00 bits per heavy atom. The average molecular weight is 361 g/mol. The van der Waals surface area contributed by atoms with Crippen LogP contribution in [0.2, 0.25) is 0 Å². The van der Waals surface area contributed by atoms with Crippen LogP contribution in [-0.2, 0) is 24.0 Å². The van der Waals surface area contributed by atoms with Gasteiger partial charge >= 0.3 is 5.97 Å². The molecule has 0 aromatic rings. The van der Waals surface area contributed by atoms with Gasteiger partial charge in [-0.25, -0.2) is 0 Å². The minimum Gasteiger partial charge on any atom is -0.480 e. The summed E-state index contributed by atoms with van der Waals surface area (Å²) in [6.07, 6.45) is -0.360. The molecule has 0 saturated heterocycles. The Bertz CT molecular complexity index is 523. The first kappa shape index (κ1) is 22.3. The van der Waals surface area contributed by atoms with Crippen molar-refractivity contribution in [2.75, 3.05) is 13.2 Å². The Labute approximate surface area is 143 Å². The van der Waals surface area contributed by atoms with Crippen LogP contribution in [0.15, 0.2) is 0 Å². The first-order valence-electron chi connectivity index (χ1n) is 7.33. The molecular weight excluding hydrogens is 338 g/mol. The molecule has 0 saturated carbocycles. The van der Waals surface area contributed by atoms with Gasteiger partial charge in [0, 0.05) is 6.42 Å². The second-order valence-corrected chi connectivity index (χ2v) is 5.21. The van der Waals surface area contributed by atoms with Crippen molar-refractivity contribution in [3.63, 3.8) is 0 Å². The average Bonchev–Trinajstić information content (AvgIpc) is 2.53. The Kier molecular flexibility index (Phi) is 9.74. The van der Waals surface area contributed by atoms with Crippen molar-refractivity contribution in [2.45, 2.75) is 37.9 Å². The number of carboxylic acid groups (broad SMARTS) is 1. The molecule has 0 aliphatic heterocycles. The van der Waals surface area contributed by atoms with Gasteiger partial charge in [-0.1, -0.05) is 0 Å². The van der Waals surface area contributed by atoms with Crippen LogP contribution >= 0.6 is 0 Å². The summed E-state index contributed by atoms with van der Waals surface area (Å²) in [7, 11) is 0. The zero-order valence-corrected chi connectivity index (χ0v) is 13.7. The molecule has 0 aromatic carbocycles. The fourth-order valence-corrected chi connectivity index (χ4v) is 1.61. The van der Waals surface area contributed by atoms with E-state index in [1.165, 1.54) is 6.92 Å². The number of carboxylic acids is 1. The van der Waals surface area contributed by atoms with Crippen LogP contribution in [0.25, 0.3) is 0 Å². The number of nitrogens with two attached hydrogens (primary N) is 2. The van der Waals surface area contributed by atoms with Crippen molar-refractivity contribution < 1.29 is 34.2 Å². The van der Waals surface area contributed by atoms with Gasteiger partial charge in [-0.05, 0) is 13.3 Å². The lowest BCUT2D eigenvalue weighted by atomic mass is 10.1. The Morgan fingerprint density at radius 2 is 1.56 bits per heavy atom. The molecule has 0 rings (SSSR count). The van der Waals surface area contributed by atoms with Crippen molar-refractivity contribution >= 4 is 29.6 Å². The molecule has 0 fully saturated rings. The molecule has 4 amide bonds. The lowest BCUT2D eigenvalue weighted by Gasteiger charge is -2.22. The zero-order chi connectivity index (χ0) is 19.6. The lowest BCUT2D eigenvalue weighted by molar-refractivity contribution is -0.139. The Hall–Kier alpha value is -2.73. The highest BCUT2D eigenvalue weighted by atomic mass is 16.4. The first-order valence-corrected chi connectivity index (χ1v) is 7.33. The van der Waals surface area contributed by atoms with Gasteiger partial charge in [0.05, 0.1) is 12.6 Å². The van der Waals surface area contributed by atoms with Gasteiger partial charge in [-0.2, -0.15) is 0 Å². The largest absolute Gasteiger partial charge is 0.480 e. The van der Waals surface area contributed by atoms with Gasteiger partial charge in [-0.3, -0.25) is 24.0 Å². The smallest absolute Gasteiger partial charge is 0.322 e. The van der Waals surface area contributed by atoms with E-state index in [0.717, 1.165) is 0 Å². The van der Waals surface area contributed by atoms with Crippen molar-refractivity contribution in [2.24, 2.45) is 11.5 Å². The zero-order valence-electron chi connectivity index (χ0n) is 13.7. The van der Waals surface area contributed by atoms with E-state index in [1.54, 1.807) is 0 Å². The van der Waals surface area contributed by atoms with E-state index in [0.29, 0.717) is 0 Å². The minimum absolute atomic E-state index is 0.144. The van der Waals surface area contributed by atoms with E-state index in [2.05, 4.69) is 10.6 Å². The predicted molar refractivity (Wildman–Crippen MR) is 83.7 cm³/mol. The monoisotopic (exact) mass is 361 g/mol. The van der Waals surface area contributed by atoms with E-state index in [4.69, 9.17) is 16.6 Å². The van der Waals surface area contributed by atoms with Gasteiger partial charge in [0.15, 0.2) is 0 Å². The fourth-order valence-electron chi connectivity index (χ4n) is 1.61. The second kappa shape index (κ2) is 10.9. The van der Waals surface area contributed by atoms with E-state index >= 15 is 0 Å². The highest BCUT2D eigenvalue weighted by Crippen LogP contribution is 2.00. The number of nitrogens with one attached hydrogen (secondary N) is 3. The van der Waals surface area contributed by atoms with Crippen molar-refractivity contribution in [3.05, 3.63) is 0 Å². The van der Waals surface area contributed by atoms with Crippen LogP contribution in [0.3, 0.4) is 0 Å². The molecule has 9 N–H and O–H groups in total. The molecule has 25 heavy (non-hydrogen) atoms. The van der Waals surface area contributed by atoms with Crippen molar-refractivity contribution in [1.82, 2.24) is 16.0 Å². The normalized spacial score (nSPS) is 13.9. The molecule has 12 nitrogen and oxygen atoms in total. The van der Waals surface area contributed by atoms with Gasteiger partial charge in [0.25, 0.3) is 0 Å². The summed E-state index contributed by atoms with van der Waals surface area (Å²) < 4.78 is 0. The summed E-state index contributed by atoms with van der Waals surface area (Å²) >= 11 is 0. The van der Waals surface area contributed by atoms with Gasteiger partial charge < -0.3 is 37.6 Å². The van der Waals surface area contributed by atoms with Gasteiger partial charge in [-0.15, -0.1) is 0 Å². The first-order chi connectivity index (χ1) is 11.6. The van der Waals surface area contributed by atoms with Crippen LogP contribution in [0, 0.1) is 0 Å². The SMILES string of the molecule is CC(N)C(=O)NC(CCC(N)=O)C(=O)NC(CO)C(=O)NCC(=O)O. The number of aliphatic carboxylic acids is 1. The summed E-state index contributed by atoms with van der Waals surface area (Å²) in [4.78, 5) is 56.8. The molecule has 0 aromatic heterocycles. The summed E-state index contributed by atoms with van der Waals surface area (Å²) in [6.45, 7) is -0.118. The van der Waals surface area contributed by atoms with Crippen LogP contribution in [0.5, 0.6) is 0 Å². The number of aliphatic hydroxyl groups excluding tert-OH is 1. The van der Waals surface area contributed by atoms with Gasteiger partial charge in [0.2, 0.25) is 23.6 Å². The third kappa shape index (κ3) is 9.22. The summed E-state index contributed by atoms with van der Waals surface area (Å²) in [5.74, 6) is -4.46. The highest BCUT2D eigenvalue weighted by Gasteiger charge is 2.27. The van der Waals surface area contributed by atoms with E-state index in [-0.39, 0.29) is 12.8 Å². The molecule has 3 atom stereocenters. The molecule has 12 heteroatoms. The number of primary amides is 1. The number of hydrogen-bond donors (Lipinski definition) is 7. The number of amides is 4. The van der Waals surface area contributed by atoms with Crippen LogP contribution < -0.4 is 27.4 Å². The fraction of sp³-hybridized carbons (Fsp3) is 0.615. The highest BCUT2D eigenvalue weighted by molar-refractivity contribution is 5.93. The summed E-state index contributed by atoms with van der Waals surface area (Å²) in [6, 6.07) is -3.57. The molecule has 0 aliphatic carbocycles. The number of rotatable bonds is 11. The quantitative estimate of drug-likeness (QED) is 0.191. The second-order valence-electron chi connectivity index (χ2n) is 5.21. The Balaban J connectivity index is 4.94. The minimum atomic E-state index is -1.44. The number of carbonyl (C=O) groups is 5. The Morgan fingerprint density at radius 3 is 2.00 bits per heavy atom. The van der Waals surface area contributed by atoms with Crippen LogP contribution in [-0.4, -0.2) is 71.1 Å². The maximum atomic E-state index is 12.2. The molecule has 0 bridgehead atoms. The molecule has 0 heterocycles. The number of hydrogen-bond acceptors (Lipinski definition) is 7. The molecule has 0 aliphatic rings. The van der Waals surface area contributed by atoms with Crippen LogP contribution in [0.1, 0.15) is 19.8 Å². The molecule has 0 spiro atoms.